The number of hydrogen-bond acceptors (Lipinski definition) is 7. The molecule has 1 saturated heterocycles. The quantitative estimate of drug-likeness (QED) is 0.0780. The predicted molar refractivity (Wildman–Crippen MR) is 118 cm³/mol. The van der Waals surface area contributed by atoms with Crippen LogP contribution in [0.15, 0.2) is 35.7 Å². The molecule has 1 aromatic rings. The van der Waals surface area contributed by atoms with Crippen molar-refractivity contribution in [2.75, 3.05) is 25.4 Å². The molecule has 1 fully saturated rings. The van der Waals surface area contributed by atoms with E-state index in [1.54, 1.807) is 0 Å². The zero-order valence-corrected chi connectivity index (χ0v) is 19.0. The Morgan fingerprint density at radius 2 is 1.84 bits per heavy atom. The number of β-lactam (4-membered cyclic amide) rings is 1. The van der Waals surface area contributed by atoms with Gasteiger partial charge in [-0.25, -0.2) is 4.79 Å². The van der Waals surface area contributed by atoms with E-state index in [0.717, 1.165) is 19.6 Å². The van der Waals surface area contributed by atoms with Crippen LogP contribution in [0.1, 0.15) is 39.2 Å². The minimum Gasteiger partial charge on any atom is -0.510 e. The highest BCUT2D eigenvalue weighted by atomic mass is 32.1. The van der Waals surface area contributed by atoms with E-state index in [9.17, 15) is 24.8 Å². The van der Waals surface area contributed by atoms with Gasteiger partial charge in [0.15, 0.2) is 11.9 Å². The van der Waals surface area contributed by atoms with Gasteiger partial charge in [-0.3, -0.25) is 19.8 Å². The minimum atomic E-state index is -0.808. The largest absolute Gasteiger partial charge is 0.510 e. The molecule has 31 heavy (non-hydrogen) atoms. The molecule has 1 amide bonds. The third kappa shape index (κ3) is 5.19. The van der Waals surface area contributed by atoms with Crippen LogP contribution in [0.4, 0.5) is 5.69 Å². The van der Waals surface area contributed by atoms with Gasteiger partial charge in [-0.1, -0.05) is 0 Å². The number of ether oxygens (including phenoxy) is 1. The van der Waals surface area contributed by atoms with Gasteiger partial charge in [-0.2, -0.15) is 12.6 Å². The van der Waals surface area contributed by atoms with Gasteiger partial charge in [0.05, 0.1) is 24.6 Å². The number of esters is 1. The maximum atomic E-state index is 13.0. The molecular weight excluding hydrogens is 422 g/mol. The summed E-state index contributed by atoms with van der Waals surface area (Å²) >= 11 is 4.12. The van der Waals surface area contributed by atoms with E-state index >= 15 is 0 Å². The number of nitro benzene ring substituents is 1. The number of amides is 1. The van der Waals surface area contributed by atoms with Gasteiger partial charge >= 0.3 is 5.97 Å². The van der Waals surface area contributed by atoms with Crippen molar-refractivity contribution < 1.29 is 28.8 Å². The molecule has 0 aromatic heterocycles. The van der Waals surface area contributed by atoms with Crippen molar-refractivity contribution in [1.82, 2.24) is 4.90 Å². The monoisotopic (exact) mass is 452 g/mol. The van der Waals surface area contributed by atoms with Gasteiger partial charge in [0, 0.05) is 18.6 Å². The first-order valence-corrected chi connectivity index (χ1v) is 11.0. The van der Waals surface area contributed by atoms with Gasteiger partial charge in [0.25, 0.3) is 5.69 Å². The summed E-state index contributed by atoms with van der Waals surface area (Å²) in [5.74, 6) is -0.983. The second-order valence-corrected chi connectivity index (χ2v) is 7.83. The number of quaternary nitrogens is 1. The highest BCUT2D eigenvalue weighted by molar-refractivity contribution is 7.80. The molecule has 170 valence electrons. The van der Waals surface area contributed by atoms with Gasteiger partial charge in [-0.05, 0) is 44.2 Å². The van der Waals surface area contributed by atoms with Crippen LogP contribution in [0, 0.1) is 10.1 Å². The Kier molecular flexibility index (Phi) is 8.46. The molecule has 1 atom stereocenters. The van der Waals surface area contributed by atoms with E-state index in [1.165, 1.54) is 29.2 Å². The number of rotatable bonds is 11. The minimum absolute atomic E-state index is 0.0658. The third-order valence-electron chi connectivity index (χ3n) is 6.02. The van der Waals surface area contributed by atoms with Crippen LogP contribution < -0.4 is 0 Å². The first kappa shape index (κ1) is 24.7. The van der Waals surface area contributed by atoms with Crippen LogP contribution in [-0.2, 0) is 20.9 Å². The molecule has 1 N–H and O–H groups in total. The standard InChI is InChI=1S/C21H29N3O6S/c1-4-24(5-2,6-3)18-13-19(26)22(18)20(17(25)11-12-31)21(27)30-14-15-7-9-16(10-8-15)23(28)29/h7-10,18H,4-6,11-14H2,1-3H3,(H-,25,27,31)/p+1. The molecule has 2 rings (SSSR count). The number of allylic oxidation sites excluding steroid dienone is 1. The van der Waals surface area contributed by atoms with Crippen molar-refractivity contribution in [2.24, 2.45) is 0 Å². The highest BCUT2D eigenvalue weighted by Gasteiger charge is 2.52. The lowest BCUT2D eigenvalue weighted by Crippen LogP contribution is -2.70. The summed E-state index contributed by atoms with van der Waals surface area (Å²) in [5, 5.41) is 21.4. The van der Waals surface area contributed by atoms with E-state index in [2.05, 4.69) is 12.6 Å². The number of non-ortho nitro benzene ring substituents is 1. The van der Waals surface area contributed by atoms with E-state index in [4.69, 9.17) is 4.74 Å². The lowest BCUT2D eigenvalue weighted by atomic mass is 10.0. The number of likely N-dealkylation sites (tertiary alicyclic amines) is 1. The molecule has 1 aromatic carbocycles. The first-order valence-electron chi connectivity index (χ1n) is 10.4. The second kappa shape index (κ2) is 10.6. The summed E-state index contributed by atoms with van der Waals surface area (Å²) in [6, 6.07) is 5.63. The number of aliphatic hydroxyl groups excluding tert-OH is 1. The van der Waals surface area contributed by atoms with Crippen molar-refractivity contribution in [3.8, 4) is 0 Å². The zero-order valence-electron chi connectivity index (χ0n) is 18.1. The van der Waals surface area contributed by atoms with Crippen LogP contribution >= 0.6 is 12.6 Å². The van der Waals surface area contributed by atoms with Crippen molar-refractivity contribution >= 4 is 30.2 Å². The van der Waals surface area contributed by atoms with Crippen molar-refractivity contribution in [2.45, 2.75) is 46.4 Å². The number of nitrogens with zero attached hydrogens (tertiary/aromatic N) is 3. The Bertz CT molecular complexity index is 843. The van der Waals surface area contributed by atoms with Crippen molar-refractivity contribution in [3.05, 3.63) is 51.4 Å². The second-order valence-electron chi connectivity index (χ2n) is 7.38. The molecule has 0 radical (unpaired) electrons. The number of benzene rings is 1. The van der Waals surface area contributed by atoms with Gasteiger partial charge in [-0.15, -0.1) is 0 Å². The molecule has 9 nitrogen and oxygen atoms in total. The summed E-state index contributed by atoms with van der Waals surface area (Å²) in [6.45, 7) is 8.31. The molecule has 10 heteroatoms. The van der Waals surface area contributed by atoms with E-state index < -0.39 is 10.9 Å². The van der Waals surface area contributed by atoms with E-state index in [-0.39, 0.29) is 42.2 Å². The lowest BCUT2D eigenvalue weighted by molar-refractivity contribution is -0.958. The first-order chi connectivity index (χ1) is 14.7. The summed E-state index contributed by atoms with van der Waals surface area (Å²) in [5.41, 5.74) is 0.346. The Balaban J connectivity index is 2.27. The maximum Gasteiger partial charge on any atom is 0.359 e. The fourth-order valence-corrected chi connectivity index (χ4v) is 4.14. The molecule has 1 aliphatic heterocycles. The molecule has 0 spiro atoms. The zero-order chi connectivity index (χ0) is 23.2. The number of aliphatic hydroxyl groups is 1. The van der Waals surface area contributed by atoms with Crippen LogP contribution in [0.5, 0.6) is 0 Å². The molecule has 0 bridgehead atoms. The topological polar surface area (TPSA) is 110 Å². The van der Waals surface area contributed by atoms with Crippen LogP contribution in [0.2, 0.25) is 0 Å². The average molecular weight is 453 g/mol. The summed E-state index contributed by atoms with van der Waals surface area (Å²) < 4.78 is 5.98. The fourth-order valence-electron chi connectivity index (χ4n) is 3.93. The Morgan fingerprint density at radius 3 is 2.29 bits per heavy atom. The highest BCUT2D eigenvalue weighted by Crippen LogP contribution is 2.34. The Morgan fingerprint density at radius 1 is 1.26 bits per heavy atom. The van der Waals surface area contributed by atoms with Crippen LogP contribution in [0.25, 0.3) is 0 Å². The third-order valence-corrected chi connectivity index (χ3v) is 6.24. The van der Waals surface area contributed by atoms with Crippen molar-refractivity contribution in [1.29, 1.82) is 0 Å². The summed E-state index contributed by atoms with van der Waals surface area (Å²) in [7, 11) is 0. The predicted octanol–water partition coefficient (Wildman–Crippen LogP) is 3.16. The number of hydrogen-bond donors (Lipinski definition) is 2. The van der Waals surface area contributed by atoms with Gasteiger partial charge in [0.2, 0.25) is 5.91 Å². The van der Waals surface area contributed by atoms with Crippen LogP contribution in [0.3, 0.4) is 0 Å². The number of thiol groups is 1. The fraction of sp³-hybridized carbons (Fsp3) is 0.524. The normalized spacial score (nSPS) is 17.1. The molecule has 1 unspecified atom stereocenters. The SMILES string of the molecule is CC[N+](CC)(CC)C1CC(=O)N1C(C(=O)OCc1ccc([N+](=O)[O-])cc1)=C(O)CCS. The van der Waals surface area contributed by atoms with Crippen molar-refractivity contribution in [3.63, 3.8) is 0 Å². The number of carbonyl (C=O) groups is 2. The van der Waals surface area contributed by atoms with E-state index in [0.29, 0.717) is 22.2 Å². The average Bonchev–Trinajstić information content (AvgIpc) is 2.76. The van der Waals surface area contributed by atoms with Crippen LogP contribution in [-0.4, -0.2) is 62.8 Å². The Hall–Kier alpha value is -2.59. The molecule has 1 heterocycles. The number of carbonyl (C=O) groups excluding carboxylic acids is 2. The molecule has 0 aliphatic carbocycles. The summed E-state index contributed by atoms with van der Waals surface area (Å²) in [6.07, 6.45) is 0.158. The Labute approximate surface area is 187 Å². The maximum absolute atomic E-state index is 13.0. The lowest BCUT2D eigenvalue weighted by Gasteiger charge is -2.52. The number of nitro groups is 1. The summed E-state index contributed by atoms with van der Waals surface area (Å²) in [4.78, 5) is 37.1. The molecule has 1 aliphatic rings. The van der Waals surface area contributed by atoms with Gasteiger partial charge in [0.1, 0.15) is 18.8 Å². The molecule has 0 saturated carbocycles. The molecular formula is C21H30N3O6S+. The van der Waals surface area contributed by atoms with E-state index in [1.807, 2.05) is 20.8 Å². The smallest absolute Gasteiger partial charge is 0.359 e. The van der Waals surface area contributed by atoms with Gasteiger partial charge < -0.3 is 14.3 Å².